The summed E-state index contributed by atoms with van der Waals surface area (Å²) in [5, 5.41) is 21.5. The molecule has 156 valence electrons. The fraction of sp³-hybridized carbons (Fsp3) is 0.450. The van der Waals surface area contributed by atoms with Crippen LogP contribution in [0.5, 0.6) is 0 Å². The standard InChI is InChI=1S/C20H24F2N6O.H2/c1-19(2,22)20(3,29)14-11-28(10-9-23-14)15-7-6-13(21)17(25-15)16-12-5-4-8-24-18(12)27-26-16;/h4-8,14,23,29H,9-11H2,1-3H3,(H,24,26,27);1H. The molecule has 29 heavy (non-hydrogen) atoms. The highest BCUT2D eigenvalue weighted by Crippen LogP contribution is 2.32. The number of fused-ring (bicyclic) bond motifs is 1. The van der Waals surface area contributed by atoms with E-state index in [-0.39, 0.29) is 7.12 Å². The first-order valence-corrected chi connectivity index (χ1v) is 9.54. The minimum absolute atomic E-state index is 0. The molecule has 7 nitrogen and oxygen atoms in total. The Balaban J connectivity index is 0.00000256. The number of alkyl halides is 1. The van der Waals surface area contributed by atoms with E-state index >= 15 is 0 Å². The van der Waals surface area contributed by atoms with Gasteiger partial charge < -0.3 is 15.3 Å². The average Bonchev–Trinajstić information content (AvgIpc) is 3.11. The SMILES string of the molecule is CC(C)(F)C(C)(O)C1CN(c2ccc(F)c(-c3[nH]nc4ncccc34)n2)CCN1.[HH]. The number of hydrogen-bond donors (Lipinski definition) is 3. The van der Waals surface area contributed by atoms with Gasteiger partial charge in [0, 0.05) is 32.6 Å². The van der Waals surface area contributed by atoms with Crippen molar-refractivity contribution in [2.75, 3.05) is 24.5 Å². The smallest absolute Gasteiger partial charge is 0.181 e. The molecule has 0 aromatic carbocycles. The van der Waals surface area contributed by atoms with E-state index in [1.165, 1.54) is 26.8 Å². The normalized spacial score (nSPS) is 20.1. The van der Waals surface area contributed by atoms with E-state index in [1.54, 1.807) is 24.4 Å². The molecule has 0 saturated carbocycles. The van der Waals surface area contributed by atoms with Crippen molar-refractivity contribution in [2.24, 2.45) is 0 Å². The molecule has 1 aliphatic heterocycles. The second kappa shape index (κ2) is 7.00. The fourth-order valence-electron chi connectivity index (χ4n) is 3.56. The number of aromatic nitrogens is 4. The van der Waals surface area contributed by atoms with Crippen molar-refractivity contribution >= 4 is 16.9 Å². The Hall–Kier alpha value is -2.65. The van der Waals surface area contributed by atoms with Crippen molar-refractivity contribution in [1.29, 1.82) is 0 Å². The number of pyridine rings is 2. The zero-order valence-electron chi connectivity index (χ0n) is 16.6. The molecule has 9 heteroatoms. The van der Waals surface area contributed by atoms with Gasteiger partial charge in [0.15, 0.2) is 11.5 Å². The van der Waals surface area contributed by atoms with Gasteiger partial charge in [0.05, 0.1) is 11.7 Å². The third kappa shape index (κ3) is 3.44. The van der Waals surface area contributed by atoms with E-state index in [2.05, 4.69) is 25.5 Å². The van der Waals surface area contributed by atoms with Crippen molar-refractivity contribution < 1.29 is 15.3 Å². The second-order valence-corrected chi connectivity index (χ2v) is 8.05. The largest absolute Gasteiger partial charge is 0.385 e. The van der Waals surface area contributed by atoms with Crippen LogP contribution in [0.3, 0.4) is 0 Å². The molecule has 2 unspecified atom stereocenters. The monoisotopic (exact) mass is 404 g/mol. The topological polar surface area (TPSA) is 90.0 Å². The maximum absolute atomic E-state index is 14.6. The molecule has 0 radical (unpaired) electrons. The molecule has 2 atom stereocenters. The van der Waals surface area contributed by atoms with Crippen LogP contribution in [0.2, 0.25) is 0 Å². The fourth-order valence-corrected chi connectivity index (χ4v) is 3.56. The molecule has 1 fully saturated rings. The Morgan fingerprint density at radius 2 is 2.07 bits per heavy atom. The highest BCUT2D eigenvalue weighted by molar-refractivity contribution is 5.89. The van der Waals surface area contributed by atoms with Gasteiger partial charge in [-0.2, -0.15) is 5.10 Å². The minimum Gasteiger partial charge on any atom is -0.385 e. The summed E-state index contributed by atoms with van der Waals surface area (Å²) >= 11 is 0. The van der Waals surface area contributed by atoms with Crippen LogP contribution in [-0.4, -0.2) is 62.2 Å². The number of aromatic amines is 1. The maximum atomic E-state index is 14.6. The summed E-state index contributed by atoms with van der Waals surface area (Å²) < 4.78 is 29.1. The summed E-state index contributed by atoms with van der Waals surface area (Å²) in [6, 6.07) is 5.99. The molecule has 1 aliphatic rings. The molecular formula is C20H26F2N6O. The summed E-state index contributed by atoms with van der Waals surface area (Å²) in [7, 11) is 0. The van der Waals surface area contributed by atoms with Gasteiger partial charge in [-0.15, -0.1) is 0 Å². The van der Waals surface area contributed by atoms with Gasteiger partial charge in [-0.25, -0.2) is 18.7 Å². The molecular weight excluding hydrogens is 378 g/mol. The number of nitrogens with zero attached hydrogens (tertiary/aromatic N) is 4. The lowest BCUT2D eigenvalue weighted by atomic mass is 9.81. The minimum atomic E-state index is -1.79. The first-order valence-electron chi connectivity index (χ1n) is 9.54. The lowest BCUT2D eigenvalue weighted by Gasteiger charge is -2.45. The summed E-state index contributed by atoms with van der Waals surface area (Å²) in [6.45, 7) is 5.69. The maximum Gasteiger partial charge on any atom is 0.181 e. The number of aliphatic hydroxyl groups is 1. The van der Waals surface area contributed by atoms with Crippen LogP contribution >= 0.6 is 0 Å². The Morgan fingerprint density at radius 3 is 2.83 bits per heavy atom. The van der Waals surface area contributed by atoms with Crippen molar-refractivity contribution in [3.8, 4) is 11.4 Å². The molecule has 3 aromatic heterocycles. The number of nitrogens with one attached hydrogen (secondary N) is 2. The van der Waals surface area contributed by atoms with Crippen molar-refractivity contribution in [3.05, 3.63) is 36.3 Å². The molecule has 4 heterocycles. The van der Waals surface area contributed by atoms with E-state index in [0.29, 0.717) is 42.2 Å². The Kier molecular flexibility index (Phi) is 4.74. The molecule has 0 amide bonds. The number of anilines is 1. The Morgan fingerprint density at radius 1 is 1.28 bits per heavy atom. The molecule has 1 saturated heterocycles. The van der Waals surface area contributed by atoms with Crippen molar-refractivity contribution in [2.45, 2.75) is 38.1 Å². The van der Waals surface area contributed by atoms with Gasteiger partial charge in [0.1, 0.15) is 22.8 Å². The molecule has 3 aromatic rings. The van der Waals surface area contributed by atoms with Gasteiger partial charge in [0.2, 0.25) is 0 Å². The van der Waals surface area contributed by atoms with Crippen LogP contribution < -0.4 is 10.2 Å². The summed E-state index contributed by atoms with van der Waals surface area (Å²) in [4.78, 5) is 10.6. The number of H-pyrrole nitrogens is 1. The van der Waals surface area contributed by atoms with Gasteiger partial charge in [0.25, 0.3) is 0 Å². The molecule has 0 bridgehead atoms. The van der Waals surface area contributed by atoms with Crippen LogP contribution in [0.1, 0.15) is 22.2 Å². The first-order chi connectivity index (χ1) is 13.7. The van der Waals surface area contributed by atoms with E-state index in [9.17, 15) is 13.9 Å². The molecule has 4 rings (SSSR count). The summed E-state index contributed by atoms with van der Waals surface area (Å²) in [6.07, 6.45) is 1.62. The number of halogens is 2. The lowest BCUT2D eigenvalue weighted by Crippen LogP contribution is -2.66. The van der Waals surface area contributed by atoms with Crippen LogP contribution in [-0.2, 0) is 0 Å². The predicted molar refractivity (Wildman–Crippen MR) is 109 cm³/mol. The van der Waals surface area contributed by atoms with Crippen molar-refractivity contribution in [1.82, 2.24) is 25.5 Å². The number of piperazine rings is 1. The third-order valence-corrected chi connectivity index (χ3v) is 5.78. The second-order valence-electron chi connectivity index (χ2n) is 8.05. The molecule has 0 spiro atoms. The predicted octanol–water partition coefficient (Wildman–Crippen LogP) is 2.68. The highest BCUT2D eigenvalue weighted by Gasteiger charge is 2.47. The highest BCUT2D eigenvalue weighted by atomic mass is 19.1. The van der Waals surface area contributed by atoms with Gasteiger partial charge >= 0.3 is 0 Å². The lowest BCUT2D eigenvalue weighted by molar-refractivity contribution is -0.0955. The van der Waals surface area contributed by atoms with Gasteiger partial charge in [-0.1, -0.05) is 0 Å². The third-order valence-electron chi connectivity index (χ3n) is 5.78. The van der Waals surface area contributed by atoms with E-state index < -0.39 is 23.1 Å². The van der Waals surface area contributed by atoms with Crippen LogP contribution in [0.25, 0.3) is 22.4 Å². The first kappa shape index (κ1) is 19.7. The van der Waals surface area contributed by atoms with Crippen LogP contribution in [0, 0.1) is 5.82 Å². The van der Waals surface area contributed by atoms with Crippen LogP contribution in [0.15, 0.2) is 30.5 Å². The van der Waals surface area contributed by atoms with Crippen molar-refractivity contribution in [3.63, 3.8) is 0 Å². The Bertz CT molecular complexity index is 1040. The zero-order valence-corrected chi connectivity index (χ0v) is 16.6. The van der Waals surface area contributed by atoms with Gasteiger partial charge in [-0.3, -0.25) is 5.10 Å². The van der Waals surface area contributed by atoms with Gasteiger partial charge in [-0.05, 0) is 45.0 Å². The summed E-state index contributed by atoms with van der Waals surface area (Å²) in [5.41, 5.74) is -2.30. The average molecular weight is 404 g/mol. The molecule has 0 aliphatic carbocycles. The van der Waals surface area contributed by atoms with Crippen LogP contribution in [0.4, 0.5) is 14.6 Å². The number of hydrogen-bond acceptors (Lipinski definition) is 6. The molecule has 3 N–H and O–H groups in total. The number of rotatable bonds is 4. The van der Waals surface area contributed by atoms with E-state index in [4.69, 9.17) is 0 Å². The Labute approximate surface area is 168 Å². The van der Waals surface area contributed by atoms with E-state index in [1.807, 2.05) is 4.90 Å². The zero-order chi connectivity index (χ0) is 20.8. The quantitative estimate of drug-likeness (QED) is 0.620. The summed E-state index contributed by atoms with van der Waals surface area (Å²) in [5.74, 6) is 0.0683. The van der Waals surface area contributed by atoms with E-state index in [0.717, 1.165) is 0 Å².